The van der Waals surface area contributed by atoms with Gasteiger partial charge in [-0.3, -0.25) is 4.79 Å². The molecule has 0 aliphatic carbocycles. The van der Waals surface area contributed by atoms with Gasteiger partial charge < -0.3 is 10.5 Å². The second kappa shape index (κ2) is 6.58. The number of hydrogen-bond acceptors (Lipinski definition) is 6. The summed E-state index contributed by atoms with van der Waals surface area (Å²) in [4.78, 5) is 20.8. The molecule has 21 heavy (non-hydrogen) atoms. The minimum absolute atomic E-state index is 0.0198. The summed E-state index contributed by atoms with van der Waals surface area (Å²) in [5.41, 5.74) is 7.11. The first-order valence-corrected chi connectivity index (χ1v) is 7.33. The number of Topliss-reactive ketones (excluding diaryl/α,β-unsaturated/α-hetero) is 1. The molecule has 6 heteroatoms. The Morgan fingerprint density at radius 1 is 1.29 bits per heavy atom. The summed E-state index contributed by atoms with van der Waals surface area (Å²) < 4.78 is 5.08. The summed E-state index contributed by atoms with van der Waals surface area (Å²) in [6, 6.07) is 8.74. The highest BCUT2D eigenvalue weighted by Crippen LogP contribution is 2.24. The van der Waals surface area contributed by atoms with E-state index in [4.69, 9.17) is 10.5 Å². The van der Waals surface area contributed by atoms with E-state index in [1.165, 1.54) is 11.8 Å². The molecule has 0 spiro atoms. The summed E-state index contributed by atoms with van der Waals surface area (Å²) in [6.07, 6.45) is 0. The molecule has 2 N–H and O–H groups in total. The van der Waals surface area contributed by atoms with Gasteiger partial charge in [0.15, 0.2) is 10.9 Å². The lowest BCUT2D eigenvalue weighted by Crippen LogP contribution is -2.14. The Morgan fingerprint density at radius 3 is 2.52 bits per heavy atom. The number of ketones is 1. The zero-order valence-electron chi connectivity index (χ0n) is 12.2. The van der Waals surface area contributed by atoms with Crippen molar-refractivity contribution in [3.05, 3.63) is 41.6 Å². The quantitative estimate of drug-likeness (QED) is 0.520. The Kier molecular flexibility index (Phi) is 4.80. The maximum absolute atomic E-state index is 12.4. The lowest BCUT2D eigenvalue weighted by molar-refractivity contribution is 0.0994. The number of aryl methyl sites for hydroxylation is 1. The number of thioether (sulfide) groups is 1. The van der Waals surface area contributed by atoms with Crippen LogP contribution in [0.25, 0.3) is 0 Å². The molecule has 0 aliphatic rings. The molecule has 2 rings (SSSR count). The Morgan fingerprint density at radius 2 is 1.95 bits per heavy atom. The number of methoxy groups -OCH3 is 1. The molecule has 1 heterocycles. The smallest absolute Gasteiger partial charge is 0.190 e. The number of nitrogen functional groups attached to an aromatic ring is 1. The molecule has 0 fully saturated rings. The minimum atomic E-state index is -0.292. The van der Waals surface area contributed by atoms with E-state index >= 15 is 0 Å². The number of anilines is 1. The Bertz CT molecular complexity index is 624. The molecular formula is C15H17N3O2S. The van der Waals surface area contributed by atoms with Crippen molar-refractivity contribution in [1.29, 1.82) is 0 Å². The van der Waals surface area contributed by atoms with Gasteiger partial charge in [-0.15, -0.1) is 0 Å². The van der Waals surface area contributed by atoms with Gasteiger partial charge in [-0.2, -0.15) is 0 Å². The van der Waals surface area contributed by atoms with Crippen LogP contribution < -0.4 is 10.5 Å². The van der Waals surface area contributed by atoms with E-state index in [1.807, 2.05) is 13.8 Å². The lowest BCUT2D eigenvalue weighted by atomic mass is 10.1. The van der Waals surface area contributed by atoms with Gasteiger partial charge in [0.05, 0.1) is 12.4 Å². The zero-order chi connectivity index (χ0) is 15.4. The van der Waals surface area contributed by atoms with Crippen LogP contribution in [-0.2, 0) is 0 Å². The van der Waals surface area contributed by atoms with Crippen LogP contribution in [-0.4, -0.2) is 28.1 Å². The molecule has 110 valence electrons. The molecule has 5 nitrogen and oxygen atoms in total. The third-order valence-electron chi connectivity index (χ3n) is 2.88. The minimum Gasteiger partial charge on any atom is -0.497 e. The fourth-order valence-corrected chi connectivity index (χ4v) is 2.73. The average molecular weight is 303 g/mol. The third kappa shape index (κ3) is 3.95. The van der Waals surface area contributed by atoms with Crippen LogP contribution in [0.5, 0.6) is 5.75 Å². The van der Waals surface area contributed by atoms with Crippen molar-refractivity contribution in [1.82, 2.24) is 9.97 Å². The number of benzene rings is 1. The predicted octanol–water partition coefficient (Wildman–Crippen LogP) is 2.74. The molecule has 1 unspecified atom stereocenters. The van der Waals surface area contributed by atoms with E-state index in [2.05, 4.69) is 9.97 Å². The van der Waals surface area contributed by atoms with Crippen molar-refractivity contribution in [2.24, 2.45) is 0 Å². The highest BCUT2D eigenvalue weighted by molar-refractivity contribution is 8.00. The van der Waals surface area contributed by atoms with Gasteiger partial charge >= 0.3 is 0 Å². The molecule has 0 aliphatic heterocycles. The molecular weight excluding hydrogens is 286 g/mol. The van der Waals surface area contributed by atoms with Crippen molar-refractivity contribution in [3.8, 4) is 5.75 Å². The number of aromatic nitrogens is 2. The first-order chi connectivity index (χ1) is 9.99. The van der Waals surface area contributed by atoms with E-state index < -0.39 is 0 Å². The van der Waals surface area contributed by atoms with Crippen molar-refractivity contribution in [3.63, 3.8) is 0 Å². The van der Waals surface area contributed by atoms with Gasteiger partial charge in [0, 0.05) is 17.3 Å². The standard InChI is InChI=1S/C15H17N3O2S/c1-9-8-13(16)18-15(17-9)21-10(2)14(19)11-4-6-12(20-3)7-5-11/h4-8,10H,1-3H3,(H2,16,17,18). The molecule has 0 amide bonds. The predicted molar refractivity (Wildman–Crippen MR) is 83.8 cm³/mol. The van der Waals surface area contributed by atoms with Crippen LogP contribution >= 0.6 is 11.8 Å². The number of nitrogens with two attached hydrogens (primary N) is 1. The first-order valence-electron chi connectivity index (χ1n) is 6.45. The fraction of sp³-hybridized carbons (Fsp3) is 0.267. The normalized spacial score (nSPS) is 12.0. The maximum Gasteiger partial charge on any atom is 0.190 e. The van der Waals surface area contributed by atoms with Crippen LogP contribution in [0.4, 0.5) is 5.82 Å². The van der Waals surface area contributed by atoms with E-state index in [0.29, 0.717) is 16.5 Å². The van der Waals surface area contributed by atoms with Gasteiger partial charge in [0.1, 0.15) is 11.6 Å². The summed E-state index contributed by atoms with van der Waals surface area (Å²) >= 11 is 1.30. The molecule has 0 bridgehead atoms. The molecule has 0 radical (unpaired) electrons. The number of hydrogen-bond donors (Lipinski definition) is 1. The van der Waals surface area contributed by atoms with E-state index in [0.717, 1.165) is 11.4 Å². The number of ether oxygens (including phenoxy) is 1. The van der Waals surface area contributed by atoms with Crippen molar-refractivity contribution >= 4 is 23.4 Å². The SMILES string of the molecule is COc1ccc(C(=O)C(C)Sc2nc(C)cc(N)n2)cc1. The van der Waals surface area contributed by atoms with E-state index in [1.54, 1.807) is 37.4 Å². The topological polar surface area (TPSA) is 78.1 Å². The third-order valence-corrected chi connectivity index (χ3v) is 3.84. The molecule has 0 saturated carbocycles. The molecule has 1 aromatic carbocycles. The summed E-state index contributed by atoms with van der Waals surface area (Å²) in [6.45, 7) is 3.68. The van der Waals surface area contributed by atoms with Crippen molar-refractivity contribution in [2.75, 3.05) is 12.8 Å². The highest BCUT2D eigenvalue weighted by atomic mass is 32.2. The van der Waals surface area contributed by atoms with Crippen LogP contribution in [0.2, 0.25) is 0 Å². The summed E-state index contributed by atoms with van der Waals surface area (Å²) in [5.74, 6) is 1.15. The summed E-state index contributed by atoms with van der Waals surface area (Å²) in [5, 5.41) is 0.224. The van der Waals surface area contributed by atoms with E-state index in [9.17, 15) is 4.79 Å². The highest BCUT2D eigenvalue weighted by Gasteiger charge is 2.18. The molecule has 0 saturated heterocycles. The van der Waals surface area contributed by atoms with E-state index in [-0.39, 0.29) is 11.0 Å². The molecule has 1 atom stereocenters. The van der Waals surface area contributed by atoms with Crippen LogP contribution in [0.15, 0.2) is 35.5 Å². The monoisotopic (exact) mass is 303 g/mol. The largest absolute Gasteiger partial charge is 0.497 e. The van der Waals surface area contributed by atoms with Gasteiger partial charge in [-0.05, 0) is 38.1 Å². The maximum atomic E-state index is 12.4. The van der Waals surface area contributed by atoms with Crippen molar-refractivity contribution < 1.29 is 9.53 Å². The zero-order valence-corrected chi connectivity index (χ0v) is 13.0. The fourth-order valence-electron chi connectivity index (χ4n) is 1.82. The van der Waals surface area contributed by atoms with Crippen LogP contribution in [0, 0.1) is 6.92 Å². The first kappa shape index (κ1) is 15.3. The van der Waals surface area contributed by atoms with Gasteiger partial charge in [-0.1, -0.05) is 11.8 Å². The van der Waals surface area contributed by atoms with Crippen LogP contribution in [0.1, 0.15) is 23.0 Å². The average Bonchev–Trinajstić information content (AvgIpc) is 2.45. The number of carbonyl (C=O) groups is 1. The lowest BCUT2D eigenvalue weighted by Gasteiger charge is -2.10. The van der Waals surface area contributed by atoms with Crippen LogP contribution in [0.3, 0.4) is 0 Å². The second-order valence-corrected chi connectivity index (χ2v) is 5.88. The van der Waals surface area contributed by atoms with Gasteiger partial charge in [0.2, 0.25) is 0 Å². The number of nitrogens with zero attached hydrogens (tertiary/aromatic N) is 2. The van der Waals surface area contributed by atoms with Gasteiger partial charge in [-0.25, -0.2) is 9.97 Å². The Labute approximate surface area is 127 Å². The molecule has 1 aromatic heterocycles. The summed E-state index contributed by atoms with van der Waals surface area (Å²) in [7, 11) is 1.59. The number of rotatable bonds is 5. The second-order valence-electron chi connectivity index (χ2n) is 4.57. The molecule has 2 aromatic rings. The Hall–Kier alpha value is -2.08. The van der Waals surface area contributed by atoms with Gasteiger partial charge in [0.25, 0.3) is 0 Å². The van der Waals surface area contributed by atoms with Crippen molar-refractivity contribution in [2.45, 2.75) is 24.3 Å². The number of carbonyl (C=O) groups excluding carboxylic acids is 1. The Balaban J connectivity index is 2.11.